The topological polar surface area (TPSA) is 93.7 Å². The summed E-state index contributed by atoms with van der Waals surface area (Å²) in [6.45, 7) is 9.28. The van der Waals surface area contributed by atoms with E-state index in [-0.39, 0.29) is 11.9 Å². The van der Waals surface area contributed by atoms with Gasteiger partial charge >= 0.3 is 0 Å². The molecule has 0 N–H and O–H groups in total. The molecule has 0 aromatic carbocycles. The molecule has 1 amide bonds. The van der Waals surface area contributed by atoms with E-state index in [0.29, 0.717) is 11.7 Å². The van der Waals surface area contributed by atoms with Gasteiger partial charge in [-0.25, -0.2) is 4.98 Å². The Balaban J connectivity index is 1.42. The Hall–Kier alpha value is -2.73. The van der Waals surface area contributed by atoms with Crippen LogP contribution >= 0.6 is 0 Å². The van der Waals surface area contributed by atoms with Crippen molar-refractivity contribution in [3.8, 4) is 6.07 Å². The second kappa shape index (κ2) is 8.42. The minimum Gasteiger partial charge on any atom is -0.354 e. The number of carbonyl (C=O) groups is 1. The summed E-state index contributed by atoms with van der Waals surface area (Å²) in [6, 6.07) is 4.26. The van der Waals surface area contributed by atoms with Crippen molar-refractivity contribution in [2.45, 2.75) is 58.0 Å². The highest BCUT2D eigenvalue weighted by Crippen LogP contribution is 2.36. The van der Waals surface area contributed by atoms with E-state index in [4.69, 9.17) is 0 Å². The van der Waals surface area contributed by atoms with Crippen molar-refractivity contribution in [1.82, 2.24) is 29.4 Å². The van der Waals surface area contributed by atoms with Crippen LogP contribution in [0.1, 0.15) is 45.2 Å². The van der Waals surface area contributed by atoms with E-state index >= 15 is 0 Å². The molecule has 1 unspecified atom stereocenters. The predicted octanol–water partition coefficient (Wildman–Crippen LogP) is 1.87. The molecule has 0 bridgehead atoms. The molecule has 2 aromatic rings. The van der Waals surface area contributed by atoms with E-state index in [2.05, 4.69) is 37.9 Å². The molecule has 2 fully saturated rings. The van der Waals surface area contributed by atoms with Crippen molar-refractivity contribution in [1.29, 1.82) is 5.26 Å². The molecule has 166 valence electrons. The molecule has 1 saturated heterocycles. The number of nitrogens with zero attached hydrogens (tertiary/aromatic N) is 8. The molecule has 1 aliphatic carbocycles. The number of hydrogen-bond donors (Lipinski definition) is 0. The number of amides is 1. The molecule has 1 saturated carbocycles. The van der Waals surface area contributed by atoms with Crippen LogP contribution in [0.4, 0.5) is 5.82 Å². The lowest BCUT2D eigenvalue weighted by atomic mass is 9.77. The zero-order valence-corrected chi connectivity index (χ0v) is 19.0. The quantitative estimate of drug-likeness (QED) is 0.740. The van der Waals surface area contributed by atoms with Gasteiger partial charge in [0.05, 0.1) is 12.1 Å². The maximum Gasteiger partial charge on any atom is 0.254 e. The molecule has 2 aromatic heterocycles. The third kappa shape index (κ3) is 3.97. The maximum atomic E-state index is 13.3. The number of anilines is 1. The van der Waals surface area contributed by atoms with Crippen molar-refractivity contribution >= 4 is 17.5 Å². The van der Waals surface area contributed by atoms with Crippen LogP contribution in [0.15, 0.2) is 12.4 Å². The zero-order valence-electron chi connectivity index (χ0n) is 19.0. The smallest absolute Gasteiger partial charge is 0.254 e. The molecule has 31 heavy (non-hydrogen) atoms. The first-order valence-corrected chi connectivity index (χ1v) is 11.2. The van der Waals surface area contributed by atoms with Gasteiger partial charge in [0.25, 0.3) is 5.78 Å². The highest BCUT2D eigenvalue weighted by atomic mass is 16.2. The van der Waals surface area contributed by atoms with Gasteiger partial charge in [0.1, 0.15) is 17.7 Å². The predicted molar refractivity (Wildman–Crippen MR) is 118 cm³/mol. The van der Waals surface area contributed by atoms with Crippen molar-refractivity contribution in [3.63, 3.8) is 0 Å². The van der Waals surface area contributed by atoms with Gasteiger partial charge in [-0.05, 0) is 45.4 Å². The molecule has 1 aliphatic heterocycles. The molecule has 4 rings (SSSR count). The highest BCUT2D eigenvalue weighted by Gasteiger charge is 2.42. The second-order valence-electron chi connectivity index (χ2n) is 9.15. The lowest BCUT2D eigenvalue weighted by molar-refractivity contribution is -0.140. The minimum atomic E-state index is -0.660. The fourth-order valence-electron chi connectivity index (χ4n) is 4.88. The number of aromatic nitrogens is 4. The van der Waals surface area contributed by atoms with Crippen LogP contribution < -0.4 is 4.90 Å². The molecule has 1 atom stereocenters. The first kappa shape index (κ1) is 21.5. The fraction of sp³-hybridized carbons (Fsp3) is 0.682. The Morgan fingerprint density at radius 2 is 1.97 bits per heavy atom. The molecule has 2 aliphatic rings. The van der Waals surface area contributed by atoms with E-state index in [1.807, 2.05) is 27.0 Å². The van der Waals surface area contributed by atoms with Crippen molar-refractivity contribution in [2.24, 2.45) is 5.92 Å². The Kier molecular flexibility index (Phi) is 5.84. The standard InChI is InChI=1S/C22H32N8O/c1-16-5-7-22(14-23,8-6-16)27(4)20(31)18(3)28-9-11-29(12-10-28)19-13-17(2)26-21-24-15-25-30(19)21/h13,15-16,18H,5-12H2,1-4H3. The number of likely N-dealkylation sites (N-methyl/N-ethyl adjacent to an activating group) is 1. The Bertz CT molecular complexity index is 979. The van der Waals surface area contributed by atoms with Crippen LogP contribution in [-0.2, 0) is 4.79 Å². The van der Waals surface area contributed by atoms with Gasteiger partial charge in [-0.1, -0.05) is 6.92 Å². The summed E-state index contributed by atoms with van der Waals surface area (Å²) >= 11 is 0. The Morgan fingerprint density at radius 1 is 1.29 bits per heavy atom. The third-order valence-corrected chi connectivity index (χ3v) is 7.19. The van der Waals surface area contributed by atoms with E-state index in [1.165, 1.54) is 6.33 Å². The second-order valence-corrected chi connectivity index (χ2v) is 9.15. The van der Waals surface area contributed by atoms with Gasteiger partial charge in [-0.3, -0.25) is 9.69 Å². The van der Waals surface area contributed by atoms with Gasteiger partial charge in [0.15, 0.2) is 0 Å². The van der Waals surface area contributed by atoms with Gasteiger partial charge in [-0.2, -0.15) is 19.9 Å². The number of aryl methyl sites for hydroxylation is 1. The molecule has 9 nitrogen and oxygen atoms in total. The molecule has 3 heterocycles. The number of rotatable bonds is 4. The van der Waals surface area contributed by atoms with Crippen LogP contribution in [0.2, 0.25) is 0 Å². The Morgan fingerprint density at radius 3 is 2.61 bits per heavy atom. The van der Waals surface area contributed by atoms with E-state index < -0.39 is 5.54 Å². The monoisotopic (exact) mass is 424 g/mol. The summed E-state index contributed by atoms with van der Waals surface area (Å²) in [7, 11) is 1.81. The summed E-state index contributed by atoms with van der Waals surface area (Å²) in [5.41, 5.74) is 0.249. The largest absolute Gasteiger partial charge is 0.354 e. The molecule has 9 heteroatoms. The summed E-state index contributed by atoms with van der Waals surface area (Å²) in [5, 5.41) is 14.2. The van der Waals surface area contributed by atoms with Crippen LogP contribution in [0.25, 0.3) is 5.78 Å². The van der Waals surface area contributed by atoms with Crippen LogP contribution in [0.3, 0.4) is 0 Å². The van der Waals surface area contributed by atoms with Gasteiger partial charge < -0.3 is 9.80 Å². The third-order valence-electron chi connectivity index (χ3n) is 7.19. The average molecular weight is 425 g/mol. The number of carbonyl (C=O) groups excluding carboxylic acids is 1. The van der Waals surface area contributed by atoms with Crippen LogP contribution in [0.5, 0.6) is 0 Å². The number of nitriles is 1. The normalized spacial score (nSPS) is 25.9. The minimum absolute atomic E-state index is 0.0444. The summed E-state index contributed by atoms with van der Waals surface area (Å²) in [6.07, 6.45) is 5.06. The first-order valence-electron chi connectivity index (χ1n) is 11.2. The van der Waals surface area contributed by atoms with Crippen molar-refractivity contribution < 1.29 is 4.79 Å². The van der Waals surface area contributed by atoms with Crippen molar-refractivity contribution in [2.75, 3.05) is 38.1 Å². The molecule has 0 radical (unpaired) electrons. The highest BCUT2D eigenvalue weighted by molar-refractivity contribution is 5.82. The van der Waals surface area contributed by atoms with Crippen LogP contribution in [0, 0.1) is 24.2 Å². The van der Waals surface area contributed by atoms with Gasteiger partial charge in [0, 0.05) is 45.0 Å². The van der Waals surface area contributed by atoms with Crippen LogP contribution in [-0.4, -0.2) is 80.1 Å². The lowest BCUT2D eigenvalue weighted by Gasteiger charge is -2.44. The summed E-state index contributed by atoms with van der Waals surface area (Å²) < 4.78 is 1.77. The molecule has 0 spiro atoms. The maximum absolute atomic E-state index is 13.3. The van der Waals surface area contributed by atoms with E-state index in [9.17, 15) is 10.1 Å². The van der Waals surface area contributed by atoms with E-state index in [1.54, 1.807) is 9.42 Å². The number of fused-ring (bicyclic) bond motifs is 1. The molecular formula is C22H32N8O. The zero-order chi connectivity index (χ0) is 22.2. The lowest BCUT2D eigenvalue weighted by Crippen LogP contribution is -2.59. The summed E-state index contributed by atoms with van der Waals surface area (Å²) in [5.74, 6) is 2.26. The van der Waals surface area contributed by atoms with E-state index in [0.717, 1.165) is 63.4 Å². The number of hydrogen-bond acceptors (Lipinski definition) is 7. The summed E-state index contributed by atoms with van der Waals surface area (Å²) in [4.78, 5) is 28.2. The SMILES string of the molecule is Cc1cc(N2CCN(C(C)C(=O)N(C)C3(C#N)CCC(C)CC3)CC2)n2ncnc2n1. The first-order chi connectivity index (χ1) is 14.8. The Labute approximate surface area is 183 Å². The van der Waals surface area contributed by atoms with Gasteiger partial charge in [0.2, 0.25) is 5.91 Å². The fourth-order valence-corrected chi connectivity index (χ4v) is 4.88. The van der Waals surface area contributed by atoms with Gasteiger partial charge in [-0.15, -0.1) is 0 Å². The average Bonchev–Trinajstić information content (AvgIpc) is 3.26. The van der Waals surface area contributed by atoms with Crippen molar-refractivity contribution in [3.05, 3.63) is 18.1 Å². The number of piperazine rings is 1. The molecular weight excluding hydrogens is 392 g/mol.